The lowest BCUT2D eigenvalue weighted by Gasteiger charge is -2.16. The van der Waals surface area contributed by atoms with Crippen molar-refractivity contribution in [2.45, 2.75) is 13.3 Å². The predicted octanol–water partition coefficient (Wildman–Crippen LogP) is 3.93. The Bertz CT molecular complexity index is 988. The Balaban J connectivity index is 1.67. The van der Waals surface area contributed by atoms with Gasteiger partial charge in [0.25, 0.3) is 0 Å². The third-order valence-corrected chi connectivity index (χ3v) is 6.31. The van der Waals surface area contributed by atoms with Crippen LogP contribution >= 0.6 is 11.6 Å². The molecule has 1 aliphatic heterocycles. The Morgan fingerprint density at radius 1 is 1.25 bits per heavy atom. The van der Waals surface area contributed by atoms with E-state index in [1.807, 2.05) is 6.92 Å². The third-order valence-electron chi connectivity index (χ3n) is 4.21. The summed E-state index contributed by atoms with van der Waals surface area (Å²) in [6, 6.07) is 12.1. The highest BCUT2D eigenvalue weighted by atomic mass is 35.5. The van der Waals surface area contributed by atoms with Gasteiger partial charge >= 0.3 is 0 Å². The smallest absolute Gasteiger partial charge is 0.248 e. The third kappa shape index (κ3) is 4.85. The van der Waals surface area contributed by atoms with E-state index in [1.165, 1.54) is 10.4 Å². The highest BCUT2D eigenvalue weighted by Crippen LogP contribution is 2.28. The number of amides is 1. The van der Waals surface area contributed by atoms with Crippen molar-refractivity contribution < 1.29 is 17.9 Å². The number of nitrogens with one attached hydrogen (secondary N) is 1. The van der Waals surface area contributed by atoms with Crippen LogP contribution in [0.2, 0.25) is 5.02 Å². The van der Waals surface area contributed by atoms with Gasteiger partial charge in [0, 0.05) is 17.6 Å². The summed E-state index contributed by atoms with van der Waals surface area (Å²) in [5, 5.41) is 3.25. The van der Waals surface area contributed by atoms with Gasteiger partial charge in [0.15, 0.2) is 0 Å². The van der Waals surface area contributed by atoms with E-state index in [9.17, 15) is 13.2 Å². The molecule has 1 N–H and O–H groups in total. The van der Waals surface area contributed by atoms with Crippen LogP contribution in [0, 0.1) is 0 Å². The summed E-state index contributed by atoms with van der Waals surface area (Å²) < 4.78 is 30.8. The normalized spacial score (nSPS) is 15.7. The molecule has 1 amide bonds. The Hall–Kier alpha value is -2.51. The van der Waals surface area contributed by atoms with Crippen LogP contribution in [0.3, 0.4) is 0 Å². The largest absolute Gasteiger partial charge is 0.492 e. The number of carbonyl (C=O) groups is 1. The fourth-order valence-electron chi connectivity index (χ4n) is 2.91. The van der Waals surface area contributed by atoms with E-state index in [1.54, 1.807) is 48.5 Å². The molecule has 1 fully saturated rings. The molecule has 0 radical (unpaired) electrons. The van der Waals surface area contributed by atoms with Gasteiger partial charge < -0.3 is 10.1 Å². The molecule has 0 spiro atoms. The van der Waals surface area contributed by atoms with Crippen molar-refractivity contribution in [3.63, 3.8) is 0 Å². The number of sulfonamides is 1. The summed E-state index contributed by atoms with van der Waals surface area (Å²) in [5.74, 6) is 0.404. The number of carbonyl (C=O) groups excluding carboxylic acids is 1. The van der Waals surface area contributed by atoms with E-state index in [0.29, 0.717) is 41.7 Å². The molecule has 28 heavy (non-hydrogen) atoms. The minimum absolute atomic E-state index is 0.183. The average Bonchev–Trinajstić information content (AvgIpc) is 3.02. The lowest BCUT2D eigenvalue weighted by molar-refractivity contribution is -0.111. The molecule has 1 heterocycles. The van der Waals surface area contributed by atoms with Crippen molar-refractivity contribution in [3.05, 3.63) is 59.1 Å². The van der Waals surface area contributed by atoms with Crippen molar-refractivity contribution >= 4 is 45.0 Å². The number of hydrogen-bond acceptors (Lipinski definition) is 4. The Kier molecular flexibility index (Phi) is 6.26. The van der Waals surface area contributed by atoms with Crippen LogP contribution < -0.4 is 14.4 Å². The van der Waals surface area contributed by atoms with Gasteiger partial charge in [-0.15, -0.1) is 0 Å². The summed E-state index contributed by atoms with van der Waals surface area (Å²) >= 11 is 5.99. The molecule has 1 aliphatic rings. The summed E-state index contributed by atoms with van der Waals surface area (Å²) in [4.78, 5) is 12.2. The molecule has 0 aliphatic carbocycles. The van der Waals surface area contributed by atoms with E-state index in [2.05, 4.69) is 5.32 Å². The summed E-state index contributed by atoms with van der Waals surface area (Å²) in [6.07, 6.45) is 3.69. The summed E-state index contributed by atoms with van der Waals surface area (Å²) in [5.41, 5.74) is 1.92. The van der Waals surface area contributed by atoms with Crippen LogP contribution in [0.4, 0.5) is 11.4 Å². The molecule has 8 heteroatoms. The Morgan fingerprint density at radius 2 is 2.00 bits per heavy atom. The van der Waals surface area contributed by atoms with Gasteiger partial charge in [-0.2, -0.15) is 0 Å². The number of nitrogens with zero attached hydrogens (tertiary/aromatic N) is 1. The number of halogens is 1. The van der Waals surface area contributed by atoms with Crippen molar-refractivity contribution in [1.29, 1.82) is 0 Å². The number of ether oxygens (including phenoxy) is 1. The second-order valence-corrected chi connectivity index (χ2v) is 8.68. The van der Waals surface area contributed by atoms with Crippen LogP contribution in [0.25, 0.3) is 6.08 Å². The minimum atomic E-state index is -3.20. The molecule has 1 saturated heterocycles. The van der Waals surface area contributed by atoms with Crippen molar-refractivity contribution in [2.75, 3.05) is 28.5 Å². The maximum absolute atomic E-state index is 12.2. The molecular weight excluding hydrogens is 400 g/mol. The molecule has 0 saturated carbocycles. The SMILES string of the molecule is CCOc1ccc(Cl)cc1NC(=O)C=Cc1ccc(N2CCCS2(=O)=O)cc1. The predicted molar refractivity (Wildman–Crippen MR) is 112 cm³/mol. The first-order valence-corrected chi connectivity index (χ1v) is 10.9. The molecule has 0 bridgehead atoms. The standard InChI is InChI=1S/C20H21ClN2O4S/c1-2-27-19-10-7-16(21)14-18(19)22-20(24)11-6-15-4-8-17(9-5-15)23-12-3-13-28(23,25)26/h4-11,14H,2-3,12-13H2,1H3,(H,22,24). The number of rotatable bonds is 6. The molecule has 148 valence electrons. The van der Waals surface area contributed by atoms with E-state index < -0.39 is 10.0 Å². The Labute approximate surface area is 169 Å². The van der Waals surface area contributed by atoms with Gasteiger partial charge in [-0.1, -0.05) is 23.7 Å². The minimum Gasteiger partial charge on any atom is -0.492 e. The molecular formula is C20H21ClN2O4S. The summed E-state index contributed by atoms with van der Waals surface area (Å²) in [6.45, 7) is 2.83. The molecule has 2 aromatic rings. The van der Waals surface area contributed by atoms with Crippen molar-refractivity contribution in [3.8, 4) is 5.75 Å². The van der Waals surface area contributed by atoms with Gasteiger partial charge in [-0.25, -0.2) is 8.42 Å². The van der Waals surface area contributed by atoms with E-state index in [4.69, 9.17) is 16.3 Å². The molecule has 0 atom stereocenters. The first-order valence-electron chi connectivity index (χ1n) is 8.91. The van der Waals surface area contributed by atoms with Crippen LogP contribution in [0.15, 0.2) is 48.5 Å². The highest BCUT2D eigenvalue weighted by Gasteiger charge is 2.28. The number of hydrogen-bond donors (Lipinski definition) is 1. The van der Waals surface area contributed by atoms with E-state index >= 15 is 0 Å². The van der Waals surface area contributed by atoms with E-state index in [0.717, 1.165) is 5.56 Å². The van der Waals surface area contributed by atoms with Crippen LogP contribution in [-0.4, -0.2) is 33.2 Å². The van der Waals surface area contributed by atoms with Crippen LogP contribution in [0.5, 0.6) is 5.75 Å². The first kappa shape index (κ1) is 20.2. The first-order chi connectivity index (χ1) is 13.4. The highest BCUT2D eigenvalue weighted by molar-refractivity contribution is 7.93. The van der Waals surface area contributed by atoms with Gasteiger partial charge in [0.2, 0.25) is 15.9 Å². The zero-order valence-corrected chi connectivity index (χ0v) is 17.0. The van der Waals surface area contributed by atoms with Crippen molar-refractivity contribution in [2.24, 2.45) is 0 Å². The van der Waals surface area contributed by atoms with E-state index in [-0.39, 0.29) is 11.7 Å². The number of benzene rings is 2. The fourth-order valence-corrected chi connectivity index (χ4v) is 4.65. The van der Waals surface area contributed by atoms with Crippen molar-refractivity contribution in [1.82, 2.24) is 0 Å². The lowest BCUT2D eigenvalue weighted by atomic mass is 10.2. The Morgan fingerprint density at radius 3 is 2.64 bits per heavy atom. The van der Waals surface area contributed by atoms with Crippen LogP contribution in [-0.2, 0) is 14.8 Å². The average molecular weight is 421 g/mol. The maximum atomic E-state index is 12.2. The van der Waals surface area contributed by atoms with Gasteiger partial charge in [0.05, 0.1) is 23.7 Å². The molecule has 0 unspecified atom stereocenters. The maximum Gasteiger partial charge on any atom is 0.248 e. The molecule has 0 aromatic heterocycles. The quantitative estimate of drug-likeness (QED) is 0.718. The monoisotopic (exact) mass is 420 g/mol. The van der Waals surface area contributed by atoms with Gasteiger partial charge in [0.1, 0.15) is 5.75 Å². The molecule has 3 rings (SSSR count). The van der Waals surface area contributed by atoms with Gasteiger partial charge in [-0.3, -0.25) is 9.10 Å². The lowest BCUT2D eigenvalue weighted by Crippen LogP contribution is -2.24. The second kappa shape index (κ2) is 8.67. The molecule has 2 aromatic carbocycles. The van der Waals surface area contributed by atoms with Gasteiger partial charge in [-0.05, 0) is 55.3 Å². The van der Waals surface area contributed by atoms with Crippen LogP contribution in [0.1, 0.15) is 18.9 Å². The zero-order valence-electron chi connectivity index (χ0n) is 15.4. The second-order valence-electron chi connectivity index (χ2n) is 6.23. The fraction of sp³-hybridized carbons (Fsp3) is 0.250. The number of anilines is 2. The zero-order chi connectivity index (χ0) is 20.1. The molecule has 6 nitrogen and oxygen atoms in total. The topological polar surface area (TPSA) is 75.7 Å². The summed E-state index contributed by atoms with van der Waals surface area (Å²) in [7, 11) is -3.20.